The van der Waals surface area contributed by atoms with Gasteiger partial charge in [0, 0.05) is 47.7 Å². The van der Waals surface area contributed by atoms with E-state index in [1.54, 1.807) is 54.5 Å². The zero-order valence-corrected chi connectivity index (χ0v) is 25.2. The number of fused-ring (bicyclic) bond motifs is 2. The van der Waals surface area contributed by atoms with Crippen LogP contribution in [-0.4, -0.2) is 65.9 Å². The molecule has 2 aliphatic rings. The highest BCUT2D eigenvalue weighted by Crippen LogP contribution is 2.58. The molecular weight excluding hydrogens is 554 g/mol. The van der Waals surface area contributed by atoms with Crippen molar-refractivity contribution < 1.29 is 29.0 Å². The third-order valence-corrected chi connectivity index (χ3v) is 11.0. The lowest BCUT2D eigenvalue weighted by Crippen LogP contribution is -2.44. The number of hydrogen-bond acceptors (Lipinski definition) is 7. The maximum absolute atomic E-state index is 13.7. The van der Waals surface area contributed by atoms with Gasteiger partial charge in [0.25, 0.3) is 11.5 Å². The summed E-state index contributed by atoms with van der Waals surface area (Å²) in [6.45, 7) is 5.74. The number of aliphatic hydroxyl groups excluding tert-OH is 1. The molecule has 0 saturated carbocycles. The standard InChI is InChI=1S/C31H37N3O7Si/c1-20-28(42(3,4)39)26(18-27(36)33(15-16-35)19-21-9-6-5-7-10-21)41-31(20)23-17-22(12-13-24(23)32-30(31)38)34-14-8-11-25(40-2)29(34)37/h5-14,17,20,26,28,35,39H,15-16,18-19H2,1-4H3,(H,32,38)/t20-,26+,28-,31+/m1/s1. The third kappa shape index (κ3) is 5.17. The molecule has 1 saturated heterocycles. The Kier molecular flexibility index (Phi) is 8.12. The van der Waals surface area contributed by atoms with E-state index in [9.17, 15) is 24.3 Å². The van der Waals surface area contributed by atoms with E-state index < -0.39 is 31.5 Å². The summed E-state index contributed by atoms with van der Waals surface area (Å²) in [5.41, 5.74) is 0.306. The van der Waals surface area contributed by atoms with Crippen molar-refractivity contribution in [2.24, 2.45) is 5.92 Å². The lowest BCUT2D eigenvalue weighted by atomic mass is 9.82. The van der Waals surface area contributed by atoms with Crippen molar-refractivity contribution in [2.45, 2.75) is 50.2 Å². The first kappa shape index (κ1) is 29.7. The van der Waals surface area contributed by atoms with Crippen LogP contribution in [0.1, 0.15) is 24.5 Å². The fourth-order valence-corrected chi connectivity index (χ4v) is 9.14. The van der Waals surface area contributed by atoms with Crippen LogP contribution in [0.5, 0.6) is 5.75 Å². The van der Waals surface area contributed by atoms with Crippen molar-refractivity contribution in [1.82, 2.24) is 9.47 Å². The first-order valence-corrected chi connectivity index (χ1v) is 17.1. The van der Waals surface area contributed by atoms with Crippen LogP contribution < -0.4 is 15.6 Å². The largest absolute Gasteiger partial charge is 0.491 e. The molecule has 1 spiro atoms. The molecule has 2 amide bonds. The molecule has 1 aromatic heterocycles. The highest BCUT2D eigenvalue weighted by Gasteiger charge is 2.65. The normalized spacial score (nSPS) is 23.1. The van der Waals surface area contributed by atoms with Gasteiger partial charge in [-0.15, -0.1) is 0 Å². The Bertz CT molecular complexity index is 1540. The molecule has 222 valence electrons. The van der Waals surface area contributed by atoms with Crippen molar-refractivity contribution in [3.8, 4) is 11.4 Å². The summed E-state index contributed by atoms with van der Waals surface area (Å²) < 4.78 is 13.3. The highest BCUT2D eigenvalue weighted by molar-refractivity contribution is 6.71. The number of hydrogen-bond donors (Lipinski definition) is 3. The number of nitrogens with zero attached hydrogens (tertiary/aromatic N) is 2. The van der Waals surface area contributed by atoms with Crippen molar-refractivity contribution in [3.63, 3.8) is 0 Å². The van der Waals surface area contributed by atoms with E-state index in [4.69, 9.17) is 9.47 Å². The molecule has 3 heterocycles. The Morgan fingerprint density at radius 1 is 1.14 bits per heavy atom. The Hall–Kier alpha value is -3.77. The van der Waals surface area contributed by atoms with Crippen LogP contribution in [0.15, 0.2) is 71.7 Å². The minimum absolute atomic E-state index is 0.0573. The average molecular weight is 592 g/mol. The van der Waals surface area contributed by atoms with Gasteiger partial charge in [0.05, 0.1) is 26.2 Å². The van der Waals surface area contributed by atoms with Crippen LogP contribution in [-0.2, 0) is 26.5 Å². The summed E-state index contributed by atoms with van der Waals surface area (Å²) in [4.78, 5) is 53.4. The number of anilines is 1. The topological polar surface area (TPSA) is 130 Å². The van der Waals surface area contributed by atoms with E-state index in [2.05, 4.69) is 5.32 Å². The van der Waals surface area contributed by atoms with Crippen molar-refractivity contribution in [3.05, 3.63) is 88.3 Å². The Labute approximate surface area is 245 Å². The smallest absolute Gasteiger partial charge is 0.297 e. The summed E-state index contributed by atoms with van der Waals surface area (Å²) in [6.07, 6.45) is 0.827. The molecule has 0 bridgehead atoms. The number of aromatic nitrogens is 1. The predicted molar refractivity (Wildman–Crippen MR) is 160 cm³/mol. The van der Waals surface area contributed by atoms with Gasteiger partial charge < -0.3 is 29.6 Å². The van der Waals surface area contributed by atoms with Gasteiger partial charge in [-0.1, -0.05) is 37.3 Å². The number of aliphatic hydroxyl groups is 1. The van der Waals surface area contributed by atoms with Crippen LogP contribution in [0.3, 0.4) is 0 Å². The Balaban J connectivity index is 1.52. The second-order valence-corrected chi connectivity index (χ2v) is 15.5. The average Bonchev–Trinajstić information content (AvgIpc) is 3.41. The first-order valence-electron chi connectivity index (χ1n) is 14.1. The number of carbonyl (C=O) groups is 2. The molecule has 0 unspecified atom stereocenters. The van der Waals surface area contributed by atoms with E-state index in [1.807, 2.05) is 37.3 Å². The van der Waals surface area contributed by atoms with Crippen LogP contribution in [0.2, 0.25) is 18.6 Å². The summed E-state index contributed by atoms with van der Waals surface area (Å²) in [7, 11) is -1.56. The Morgan fingerprint density at radius 3 is 2.55 bits per heavy atom. The van der Waals surface area contributed by atoms with E-state index in [-0.39, 0.29) is 42.7 Å². The summed E-state index contributed by atoms with van der Waals surface area (Å²) in [5, 5.41) is 12.6. The molecule has 5 rings (SSSR count). The van der Waals surface area contributed by atoms with Crippen molar-refractivity contribution >= 4 is 25.8 Å². The third-order valence-electron chi connectivity index (χ3n) is 8.45. The number of nitrogens with one attached hydrogen (secondary N) is 1. The molecule has 2 aromatic carbocycles. The molecule has 0 radical (unpaired) electrons. The molecule has 2 aliphatic heterocycles. The SMILES string of the molecule is COc1cccn(-c2ccc3c(c2)[C@]2(O[C@@H](CC(=O)N(CCO)Cc4ccccc4)[C@H]([Si](C)(C)O)[C@H]2C)C(=O)N3)c1=O. The highest BCUT2D eigenvalue weighted by atomic mass is 28.4. The molecule has 3 N–H and O–H groups in total. The molecule has 1 fully saturated rings. The van der Waals surface area contributed by atoms with Gasteiger partial charge in [0.15, 0.2) is 19.7 Å². The lowest BCUT2D eigenvalue weighted by Gasteiger charge is -2.32. The summed E-state index contributed by atoms with van der Waals surface area (Å²) in [6, 6.07) is 18.0. The van der Waals surface area contributed by atoms with Gasteiger partial charge in [0.2, 0.25) is 5.91 Å². The number of benzene rings is 2. The molecular formula is C31H37N3O7Si. The second-order valence-electron chi connectivity index (χ2n) is 11.5. The molecule has 11 heteroatoms. The van der Waals surface area contributed by atoms with Gasteiger partial charge in [-0.25, -0.2) is 0 Å². The van der Waals surface area contributed by atoms with Gasteiger partial charge in [-0.3, -0.25) is 19.0 Å². The molecule has 3 aromatic rings. The monoisotopic (exact) mass is 591 g/mol. The lowest BCUT2D eigenvalue weighted by molar-refractivity contribution is -0.148. The summed E-state index contributed by atoms with van der Waals surface area (Å²) in [5.74, 6) is -0.890. The van der Waals surface area contributed by atoms with Gasteiger partial charge in [0.1, 0.15) is 0 Å². The van der Waals surface area contributed by atoms with Crippen LogP contribution in [0, 0.1) is 5.92 Å². The maximum atomic E-state index is 13.7. The van der Waals surface area contributed by atoms with Gasteiger partial charge in [-0.2, -0.15) is 0 Å². The maximum Gasteiger partial charge on any atom is 0.297 e. The fraction of sp³-hybridized carbons (Fsp3) is 0.387. The predicted octanol–water partition coefficient (Wildman–Crippen LogP) is 3.01. The van der Waals surface area contributed by atoms with Crippen LogP contribution in [0.4, 0.5) is 5.69 Å². The number of methoxy groups -OCH3 is 1. The van der Waals surface area contributed by atoms with E-state index in [0.29, 0.717) is 23.5 Å². The number of pyridine rings is 1. The number of amides is 2. The molecule has 0 aliphatic carbocycles. The second kappa shape index (κ2) is 11.5. The minimum Gasteiger partial charge on any atom is -0.491 e. The van der Waals surface area contributed by atoms with Crippen LogP contribution >= 0.6 is 0 Å². The van der Waals surface area contributed by atoms with E-state index >= 15 is 0 Å². The fourth-order valence-electron chi connectivity index (χ4n) is 6.59. The first-order chi connectivity index (χ1) is 20.0. The quantitative estimate of drug-likeness (QED) is 0.326. The Morgan fingerprint density at radius 2 is 1.88 bits per heavy atom. The van der Waals surface area contributed by atoms with Gasteiger partial charge >= 0.3 is 0 Å². The van der Waals surface area contributed by atoms with E-state index in [1.165, 1.54) is 11.7 Å². The van der Waals surface area contributed by atoms with Crippen LogP contribution in [0.25, 0.3) is 5.69 Å². The van der Waals surface area contributed by atoms with Crippen molar-refractivity contribution in [1.29, 1.82) is 0 Å². The van der Waals surface area contributed by atoms with E-state index in [0.717, 1.165) is 5.56 Å². The molecule has 42 heavy (non-hydrogen) atoms. The number of carbonyl (C=O) groups excluding carboxylic acids is 2. The zero-order valence-electron chi connectivity index (χ0n) is 24.2. The summed E-state index contributed by atoms with van der Waals surface area (Å²) >= 11 is 0. The molecule has 4 atom stereocenters. The van der Waals surface area contributed by atoms with Crippen molar-refractivity contribution in [2.75, 3.05) is 25.6 Å². The minimum atomic E-state index is -2.98. The van der Waals surface area contributed by atoms with Gasteiger partial charge in [-0.05, 0) is 49.0 Å². The molecule has 10 nitrogen and oxygen atoms in total. The number of ether oxygens (including phenoxy) is 2. The number of rotatable bonds is 9. The zero-order chi connectivity index (χ0) is 30.2.